The quantitative estimate of drug-likeness (QED) is 0.459. The number of hydrogen-bond acceptors (Lipinski definition) is 4. The minimum Gasteiger partial charge on any atom is -0.350 e. The average Bonchev–Trinajstić information content (AvgIpc) is 3.29. The molecule has 0 bridgehead atoms. The van der Waals surface area contributed by atoms with E-state index in [-0.39, 0.29) is 33.1 Å². The molecule has 0 radical (unpaired) electrons. The third-order valence-electron chi connectivity index (χ3n) is 5.59. The Morgan fingerprint density at radius 3 is 2.43 bits per heavy atom. The van der Waals surface area contributed by atoms with Gasteiger partial charge >= 0.3 is 0 Å². The van der Waals surface area contributed by atoms with Crippen LogP contribution >= 0.6 is 23.2 Å². The smallest absolute Gasteiger partial charge is 0.264 e. The van der Waals surface area contributed by atoms with E-state index in [0.717, 1.165) is 22.0 Å². The van der Waals surface area contributed by atoms with Gasteiger partial charge in [0, 0.05) is 25.2 Å². The molecule has 2 amide bonds. The van der Waals surface area contributed by atoms with Crippen LogP contribution in [-0.2, 0) is 26.2 Å². The summed E-state index contributed by atoms with van der Waals surface area (Å²) in [7, 11) is -4.06. The van der Waals surface area contributed by atoms with Crippen molar-refractivity contribution in [2.24, 2.45) is 0 Å². The molecule has 3 aromatic carbocycles. The molecule has 0 aliphatic carbocycles. The number of sulfonamides is 1. The Morgan fingerprint density at radius 2 is 1.74 bits per heavy atom. The number of carbonyl (C=O) groups excluding carboxylic acids is 2. The fourth-order valence-electron chi connectivity index (χ4n) is 3.82. The Morgan fingerprint density at radius 1 is 0.971 bits per heavy atom. The largest absolute Gasteiger partial charge is 0.350 e. The number of nitrogens with zero attached hydrogens (tertiary/aromatic N) is 2. The maximum atomic E-state index is 13.4. The Bertz CT molecular complexity index is 1350. The molecule has 7 nitrogen and oxygen atoms in total. The summed E-state index contributed by atoms with van der Waals surface area (Å²) in [6, 6.07) is 19.6. The van der Waals surface area contributed by atoms with Gasteiger partial charge in [-0.25, -0.2) is 8.42 Å². The van der Waals surface area contributed by atoms with E-state index in [2.05, 4.69) is 5.32 Å². The van der Waals surface area contributed by atoms with Gasteiger partial charge in [0.25, 0.3) is 10.0 Å². The molecule has 4 rings (SSSR count). The molecule has 1 fully saturated rings. The first-order valence-corrected chi connectivity index (χ1v) is 13.1. The van der Waals surface area contributed by atoms with Crippen LogP contribution in [0.15, 0.2) is 77.7 Å². The summed E-state index contributed by atoms with van der Waals surface area (Å²) in [6.07, 6.45) is 1.35. The zero-order valence-electron chi connectivity index (χ0n) is 18.7. The predicted molar refractivity (Wildman–Crippen MR) is 137 cm³/mol. The van der Waals surface area contributed by atoms with Crippen LogP contribution in [0.1, 0.15) is 18.4 Å². The second kappa shape index (κ2) is 10.7. The molecule has 1 aliphatic rings. The lowest BCUT2D eigenvalue weighted by molar-refractivity contribution is -0.120. The van der Waals surface area contributed by atoms with E-state index >= 15 is 0 Å². The van der Waals surface area contributed by atoms with Crippen molar-refractivity contribution in [2.75, 3.05) is 22.3 Å². The second-order valence-corrected chi connectivity index (χ2v) is 10.7. The molecular weight excluding hydrogens is 509 g/mol. The van der Waals surface area contributed by atoms with E-state index in [1.54, 1.807) is 23.1 Å². The molecule has 1 aliphatic heterocycles. The molecule has 0 aromatic heterocycles. The minimum atomic E-state index is -4.06. The number of nitrogens with one attached hydrogen (secondary N) is 1. The summed E-state index contributed by atoms with van der Waals surface area (Å²) in [5, 5.41) is 3.21. The summed E-state index contributed by atoms with van der Waals surface area (Å²) in [6.45, 7) is 0.388. The average molecular weight is 532 g/mol. The Kier molecular flexibility index (Phi) is 7.64. The number of carbonyl (C=O) groups is 2. The first kappa shape index (κ1) is 25.0. The van der Waals surface area contributed by atoms with Crippen LogP contribution in [0.3, 0.4) is 0 Å². The Balaban J connectivity index is 1.53. The lowest BCUT2D eigenvalue weighted by Gasteiger charge is -2.24. The van der Waals surface area contributed by atoms with E-state index in [1.165, 1.54) is 30.3 Å². The third kappa shape index (κ3) is 5.78. The number of halogens is 2. The lowest BCUT2D eigenvalue weighted by Crippen LogP contribution is -2.40. The van der Waals surface area contributed by atoms with Crippen LogP contribution in [0, 0.1) is 0 Å². The van der Waals surface area contributed by atoms with E-state index in [9.17, 15) is 18.0 Å². The van der Waals surface area contributed by atoms with Crippen molar-refractivity contribution in [1.29, 1.82) is 0 Å². The maximum absolute atomic E-state index is 13.4. The number of amides is 2. The van der Waals surface area contributed by atoms with Crippen molar-refractivity contribution < 1.29 is 18.0 Å². The highest BCUT2D eigenvalue weighted by atomic mass is 35.5. The highest BCUT2D eigenvalue weighted by molar-refractivity contribution is 7.92. The molecule has 1 heterocycles. The van der Waals surface area contributed by atoms with Crippen LogP contribution in [0.4, 0.5) is 11.4 Å². The van der Waals surface area contributed by atoms with Crippen LogP contribution in [-0.4, -0.2) is 33.3 Å². The highest BCUT2D eigenvalue weighted by Gasteiger charge is 2.27. The standard InChI is InChI=1S/C25H23Cl2N3O4S/c26-22-12-11-20(15-23(22)27)30(35(33,34)21-8-2-1-3-9-21)17-24(31)28-16-18-6-4-7-19(14-18)29-13-5-10-25(29)32/h1-4,6-9,11-12,14-15H,5,10,13,16-17H2,(H,28,31). The second-order valence-electron chi connectivity index (χ2n) is 8.02. The maximum Gasteiger partial charge on any atom is 0.264 e. The summed E-state index contributed by atoms with van der Waals surface area (Å²) in [5.41, 5.74) is 1.79. The normalized spacial score (nSPS) is 13.7. The highest BCUT2D eigenvalue weighted by Crippen LogP contribution is 2.30. The fourth-order valence-corrected chi connectivity index (χ4v) is 5.54. The van der Waals surface area contributed by atoms with Gasteiger partial charge in [-0.15, -0.1) is 0 Å². The number of anilines is 2. The van der Waals surface area contributed by atoms with Crippen molar-refractivity contribution in [3.05, 3.63) is 88.4 Å². The summed E-state index contributed by atoms with van der Waals surface area (Å²) in [5.74, 6) is -0.423. The van der Waals surface area contributed by atoms with Crippen molar-refractivity contribution in [3.63, 3.8) is 0 Å². The van der Waals surface area contributed by atoms with Crippen LogP contribution in [0.5, 0.6) is 0 Å². The van der Waals surface area contributed by atoms with Gasteiger partial charge < -0.3 is 10.2 Å². The van der Waals surface area contributed by atoms with E-state index in [0.29, 0.717) is 13.0 Å². The first-order chi connectivity index (χ1) is 16.8. The molecule has 0 atom stereocenters. The molecule has 10 heteroatoms. The first-order valence-electron chi connectivity index (χ1n) is 10.9. The van der Waals surface area contributed by atoms with Crippen molar-refractivity contribution >= 4 is 56.4 Å². The van der Waals surface area contributed by atoms with Crippen molar-refractivity contribution in [3.8, 4) is 0 Å². The van der Waals surface area contributed by atoms with Gasteiger partial charge in [-0.1, -0.05) is 53.5 Å². The lowest BCUT2D eigenvalue weighted by atomic mass is 10.2. The minimum absolute atomic E-state index is 0.0434. The predicted octanol–water partition coefficient (Wildman–Crippen LogP) is 4.63. The van der Waals surface area contributed by atoms with Crippen LogP contribution in [0.2, 0.25) is 10.0 Å². The van der Waals surface area contributed by atoms with Crippen molar-refractivity contribution in [1.82, 2.24) is 5.32 Å². The van der Waals surface area contributed by atoms with Gasteiger partial charge in [-0.2, -0.15) is 0 Å². The van der Waals surface area contributed by atoms with Gasteiger partial charge in [-0.05, 0) is 54.4 Å². The van der Waals surface area contributed by atoms with E-state index in [4.69, 9.17) is 23.2 Å². The van der Waals surface area contributed by atoms with Gasteiger partial charge in [0.15, 0.2) is 0 Å². The molecule has 182 valence electrons. The number of benzene rings is 3. The number of hydrogen-bond donors (Lipinski definition) is 1. The Hall–Kier alpha value is -3.07. The molecular formula is C25H23Cl2N3O4S. The number of rotatable bonds is 8. The molecule has 3 aromatic rings. The van der Waals surface area contributed by atoms with Crippen LogP contribution < -0.4 is 14.5 Å². The van der Waals surface area contributed by atoms with Gasteiger partial charge in [0.2, 0.25) is 11.8 Å². The van der Waals surface area contributed by atoms with Gasteiger partial charge in [0.1, 0.15) is 6.54 Å². The molecule has 1 saturated heterocycles. The topological polar surface area (TPSA) is 86.8 Å². The molecule has 35 heavy (non-hydrogen) atoms. The molecule has 0 unspecified atom stereocenters. The molecule has 0 saturated carbocycles. The third-order valence-corrected chi connectivity index (χ3v) is 8.12. The van der Waals surface area contributed by atoms with Crippen molar-refractivity contribution in [2.45, 2.75) is 24.3 Å². The van der Waals surface area contributed by atoms with Gasteiger partial charge in [0.05, 0.1) is 20.6 Å². The fraction of sp³-hybridized carbons (Fsp3) is 0.200. The van der Waals surface area contributed by atoms with E-state index in [1.807, 2.05) is 24.3 Å². The molecule has 1 N–H and O–H groups in total. The zero-order chi connectivity index (χ0) is 25.0. The summed E-state index contributed by atoms with van der Waals surface area (Å²) >= 11 is 12.1. The van der Waals surface area contributed by atoms with Crippen LogP contribution in [0.25, 0.3) is 0 Å². The monoisotopic (exact) mass is 531 g/mol. The Labute approximate surface area is 214 Å². The van der Waals surface area contributed by atoms with E-state index < -0.39 is 22.5 Å². The SMILES string of the molecule is O=C(CN(c1ccc(Cl)c(Cl)c1)S(=O)(=O)c1ccccc1)NCc1cccc(N2CCCC2=O)c1. The molecule has 0 spiro atoms. The summed E-state index contributed by atoms with van der Waals surface area (Å²) < 4.78 is 27.8. The van der Waals surface area contributed by atoms with Gasteiger partial charge in [-0.3, -0.25) is 13.9 Å². The summed E-state index contributed by atoms with van der Waals surface area (Å²) in [4.78, 5) is 26.7. The zero-order valence-corrected chi connectivity index (χ0v) is 21.0.